The summed E-state index contributed by atoms with van der Waals surface area (Å²) in [4.78, 5) is 26.7. The van der Waals surface area contributed by atoms with Gasteiger partial charge in [-0.15, -0.1) is 0 Å². The average molecular weight is 316 g/mol. The Morgan fingerprint density at radius 2 is 2.04 bits per heavy atom. The number of benzene rings is 1. The van der Waals surface area contributed by atoms with Crippen LogP contribution in [0.3, 0.4) is 0 Å². The number of carbonyl (C=O) groups excluding carboxylic acids is 2. The SMILES string of the molecule is CCc1cccc(C)c1NC(=O)CC(=O)N1CCCCC1CC. The van der Waals surface area contributed by atoms with E-state index in [9.17, 15) is 9.59 Å². The summed E-state index contributed by atoms with van der Waals surface area (Å²) >= 11 is 0. The summed E-state index contributed by atoms with van der Waals surface area (Å²) in [5, 5.41) is 2.95. The van der Waals surface area contributed by atoms with Crippen molar-refractivity contribution in [2.24, 2.45) is 0 Å². The van der Waals surface area contributed by atoms with Crippen molar-refractivity contribution in [3.8, 4) is 0 Å². The molecule has 4 heteroatoms. The molecule has 1 saturated heterocycles. The van der Waals surface area contributed by atoms with Gasteiger partial charge in [-0.1, -0.05) is 32.0 Å². The molecule has 1 atom stereocenters. The Morgan fingerprint density at radius 3 is 2.74 bits per heavy atom. The molecule has 0 aliphatic carbocycles. The number of piperidine rings is 1. The van der Waals surface area contributed by atoms with E-state index in [0.29, 0.717) is 6.04 Å². The van der Waals surface area contributed by atoms with Crippen molar-refractivity contribution in [1.29, 1.82) is 0 Å². The van der Waals surface area contributed by atoms with E-state index in [-0.39, 0.29) is 18.2 Å². The topological polar surface area (TPSA) is 49.4 Å². The maximum atomic E-state index is 12.5. The Balaban J connectivity index is 2.01. The normalized spacial score (nSPS) is 17.9. The molecule has 1 unspecified atom stereocenters. The molecule has 1 N–H and O–H groups in total. The number of anilines is 1. The molecule has 0 bridgehead atoms. The summed E-state index contributed by atoms with van der Waals surface area (Å²) in [6.45, 7) is 6.94. The van der Waals surface area contributed by atoms with Crippen molar-refractivity contribution in [1.82, 2.24) is 4.90 Å². The van der Waals surface area contributed by atoms with Gasteiger partial charge in [0.15, 0.2) is 0 Å². The van der Waals surface area contributed by atoms with Gasteiger partial charge < -0.3 is 10.2 Å². The molecular formula is C19H28N2O2. The van der Waals surface area contributed by atoms with Crippen LogP contribution in [0.4, 0.5) is 5.69 Å². The molecule has 0 spiro atoms. The molecule has 0 saturated carbocycles. The molecule has 2 rings (SSSR count). The van der Waals surface area contributed by atoms with Gasteiger partial charge >= 0.3 is 0 Å². The third-order valence-electron chi connectivity index (χ3n) is 4.73. The first kappa shape index (κ1) is 17.5. The predicted molar refractivity (Wildman–Crippen MR) is 93.4 cm³/mol. The van der Waals surface area contributed by atoms with Gasteiger partial charge in [0.25, 0.3) is 0 Å². The molecule has 1 aliphatic rings. The van der Waals surface area contributed by atoms with Crippen LogP contribution in [-0.4, -0.2) is 29.3 Å². The molecule has 1 aromatic carbocycles. The van der Waals surface area contributed by atoms with Crippen LogP contribution in [0.2, 0.25) is 0 Å². The van der Waals surface area contributed by atoms with Crippen LogP contribution in [-0.2, 0) is 16.0 Å². The maximum Gasteiger partial charge on any atom is 0.233 e. The van der Waals surface area contributed by atoms with Crippen molar-refractivity contribution < 1.29 is 9.59 Å². The molecule has 1 fully saturated rings. The van der Waals surface area contributed by atoms with E-state index in [1.807, 2.05) is 30.0 Å². The van der Waals surface area contributed by atoms with Gasteiger partial charge in [-0.3, -0.25) is 9.59 Å². The highest BCUT2D eigenvalue weighted by atomic mass is 16.2. The molecule has 2 amide bonds. The highest BCUT2D eigenvalue weighted by molar-refractivity contribution is 6.04. The predicted octanol–water partition coefficient (Wildman–Crippen LogP) is 3.68. The lowest BCUT2D eigenvalue weighted by atomic mass is 9.99. The van der Waals surface area contributed by atoms with Crippen molar-refractivity contribution in [3.05, 3.63) is 29.3 Å². The van der Waals surface area contributed by atoms with Crippen molar-refractivity contribution in [3.63, 3.8) is 0 Å². The Labute approximate surface area is 139 Å². The minimum Gasteiger partial charge on any atom is -0.339 e. The number of carbonyl (C=O) groups is 2. The van der Waals surface area contributed by atoms with Crippen LogP contribution in [0.15, 0.2) is 18.2 Å². The first-order chi connectivity index (χ1) is 11.1. The van der Waals surface area contributed by atoms with Crippen molar-refractivity contribution in [2.75, 3.05) is 11.9 Å². The highest BCUT2D eigenvalue weighted by Gasteiger charge is 2.26. The molecule has 0 radical (unpaired) electrons. The van der Waals surface area contributed by atoms with E-state index < -0.39 is 0 Å². The molecule has 126 valence electrons. The molecular weight excluding hydrogens is 288 g/mol. The number of nitrogens with one attached hydrogen (secondary N) is 1. The lowest BCUT2D eigenvalue weighted by Gasteiger charge is -2.35. The highest BCUT2D eigenvalue weighted by Crippen LogP contribution is 2.23. The maximum absolute atomic E-state index is 12.5. The zero-order valence-electron chi connectivity index (χ0n) is 14.5. The second-order valence-corrected chi connectivity index (χ2v) is 6.33. The summed E-state index contributed by atoms with van der Waals surface area (Å²) < 4.78 is 0. The average Bonchev–Trinajstić information content (AvgIpc) is 2.56. The van der Waals surface area contributed by atoms with Gasteiger partial charge in [0.1, 0.15) is 6.42 Å². The number of rotatable bonds is 5. The summed E-state index contributed by atoms with van der Waals surface area (Å²) in [6.07, 6.45) is 5.04. The van der Waals surface area contributed by atoms with Gasteiger partial charge in [0.05, 0.1) is 0 Å². The first-order valence-corrected chi connectivity index (χ1v) is 8.74. The summed E-state index contributed by atoms with van der Waals surface area (Å²) in [5.74, 6) is -0.250. The minimum atomic E-state index is -0.209. The summed E-state index contributed by atoms with van der Waals surface area (Å²) in [5.41, 5.74) is 3.00. The Hall–Kier alpha value is -1.84. The van der Waals surface area contributed by atoms with Gasteiger partial charge in [0, 0.05) is 18.3 Å². The number of nitrogens with zero attached hydrogens (tertiary/aromatic N) is 1. The van der Waals surface area contributed by atoms with E-state index >= 15 is 0 Å². The van der Waals surface area contributed by atoms with Crippen LogP contribution in [0.1, 0.15) is 57.1 Å². The number of amides is 2. The lowest BCUT2D eigenvalue weighted by molar-refractivity contribution is -0.137. The van der Waals surface area contributed by atoms with Crippen LogP contribution in [0.25, 0.3) is 0 Å². The summed E-state index contributed by atoms with van der Waals surface area (Å²) in [6, 6.07) is 6.29. The third kappa shape index (κ3) is 4.34. The third-order valence-corrected chi connectivity index (χ3v) is 4.73. The Morgan fingerprint density at radius 1 is 1.26 bits per heavy atom. The fraction of sp³-hybridized carbons (Fsp3) is 0.579. The van der Waals surface area contributed by atoms with Crippen molar-refractivity contribution in [2.45, 2.75) is 65.3 Å². The van der Waals surface area contributed by atoms with E-state index in [2.05, 4.69) is 19.2 Å². The largest absolute Gasteiger partial charge is 0.339 e. The molecule has 0 aromatic heterocycles. The molecule has 4 nitrogen and oxygen atoms in total. The van der Waals surface area contributed by atoms with E-state index in [1.54, 1.807) is 0 Å². The van der Waals surface area contributed by atoms with Crippen LogP contribution < -0.4 is 5.32 Å². The van der Waals surface area contributed by atoms with Gasteiger partial charge in [0.2, 0.25) is 11.8 Å². The zero-order chi connectivity index (χ0) is 16.8. The van der Waals surface area contributed by atoms with E-state index in [4.69, 9.17) is 0 Å². The van der Waals surface area contributed by atoms with Gasteiger partial charge in [-0.05, 0) is 50.2 Å². The van der Waals surface area contributed by atoms with Gasteiger partial charge in [-0.2, -0.15) is 0 Å². The van der Waals surface area contributed by atoms with Crippen molar-refractivity contribution >= 4 is 17.5 Å². The lowest BCUT2D eigenvalue weighted by Crippen LogP contribution is -2.44. The number of hydrogen-bond donors (Lipinski definition) is 1. The van der Waals surface area contributed by atoms with Crippen LogP contribution in [0.5, 0.6) is 0 Å². The molecule has 23 heavy (non-hydrogen) atoms. The molecule has 1 aromatic rings. The molecule has 1 heterocycles. The van der Waals surface area contributed by atoms with E-state index in [1.165, 1.54) is 6.42 Å². The van der Waals surface area contributed by atoms with E-state index in [0.717, 1.165) is 49.0 Å². The number of para-hydroxylation sites is 1. The second-order valence-electron chi connectivity index (χ2n) is 6.33. The van der Waals surface area contributed by atoms with Crippen LogP contribution in [0, 0.1) is 6.92 Å². The number of likely N-dealkylation sites (tertiary alicyclic amines) is 1. The Kier molecular flexibility index (Phi) is 6.20. The number of aryl methyl sites for hydroxylation is 2. The van der Waals surface area contributed by atoms with Crippen LogP contribution >= 0.6 is 0 Å². The quantitative estimate of drug-likeness (QED) is 0.843. The summed E-state index contributed by atoms with van der Waals surface area (Å²) in [7, 11) is 0. The fourth-order valence-corrected chi connectivity index (χ4v) is 3.38. The smallest absolute Gasteiger partial charge is 0.233 e. The monoisotopic (exact) mass is 316 g/mol. The van der Waals surface area contributed by atoms with Gasteiger partial charge in [-0.25, -0.2) is 0 Å². The minimum absolute atomic E-state index is 0.0410. The Bertz CT molecular complexity index is 568. The first-order valence-electron chi connectivity index (χ1n) is 8.74. The fourth-order valence-electron chi connectivity index (χ4n) is 3.38. The standard InChI is InChI=1S/C19H28N2O2/c1-4-15-10-8-9-14(3)19(15)20-17(22)13-18(23)21-12-7-6-11-16(21)5-2/h8-10,16H,4-7,11-13H2,1-3H3,(H,20,22). The molecule has 1 aliphatic heterocycles. The number of hydrogen-bond acceptors (Lipinski definition) is 2. The zero-order valence-corrected chi connectivity index (χ0v) is 14.5. The second kappa shape index (κ2) is 8.14.